The zero-order valence-corrected chi connectivity index (χ0v) is 10.8. The lowest BCUT2D eigenvalue weighted by Gasteiger charge is -2.01. The summed E-state index contributed by atoms with van der Waals surface area (Å²) in [4.78, 5) is 8.53. The van der Waals surface area contributed by atoms with Crippen molar-refractivity contribution in [3.63, 3.8) is 0 Å². The summed E-state index contributed by atoms with van der Waals surface area (Å²) >= 11 is 0. The molecular formula is C13H20N4. The number of aromatic nitrogens is 4. The molecule has 0 aliphatic carbocycles. The van der Waals surface area contributed by atoms with Gasteiger partial charge in [0.05, 0.1) is 0 Å². The van der Waals surface area contributed by atoms with E-state index in [1.54, 1.807) is 10.9 Å². The van der Waals surface area contributed by atoms with E-state index in [9.17, 15) is 0 Å². The first-order valence-corrected chi connectivity index (χ1v) is 6.21. The highest BCUT2D eigenvalue weighted by Gasteiger charge is 1.99. The van der Waals surface area contributed by atoms with E-state index in [1.807, 2.05) is 38.5 Å². The molecule has 0 bridgehead atoms. The molecular weight excluding hydrogens is 212 g/mol. The Hall–Kier alpha value is -1.71. The molecule has 0 atom stereocenters. The Bertz CT molecular complexity index is 392. The molecule has 0 amide bonds. The summed E-state index contributed by atoms with van der Waals surface area (Å²) in [6.45, 7) is 6.18. The van der Waals surface area contributed by atoms with Gasteiger partial charge in [-0.1, -0.05) is 27.2 Å². The Kier molecular flexibility index (Phi) is 5.93. The molecule has 0 aliphatic rings. The largest absolute Gasteiger partial charge is 0.250 e. The molecule has 4 nitrogen and oxygen atoms in total. The molecule has 0 fully saturated rings. The minimum atomic E-state index is 0.625. The van der Waals surface area contributed by atoms with Gasteiger partial charge in [0.25, 0.3) is 0 Å². The topological polar surface area (TPSA) is 43.6 Å². The van der Waals surface area contributed by atoms with Crippen LogP contribution in [0.25, 0.3) is 5.95 Å². The van der Waals surface area contributed by atoms with Crippen LogP contribution in [0.15, 0.2) is 30.9 Å². The quantitative estimate of drug-likeness (QED) is 0.813. The first-order valence-electron chi connectivity index (χ1n) is 6.21. The number of unbranched alkanes of at least 4 members (excludes halogenated alkanes) is 1. The van der Waals surface area contributed by atoms with E-state index in [0.29, 0.717) is 5.95 Å². The number of hydrogen-bond acceptors (Lipinski definition) is 3. The number of hydrogen-bond donors (Lipinski definition) is 0. The van der Waals surface area contributed by atoms with Crippen molar-refractivity contribution in [1.82, 2.24) is 19.7 Å². The van der Waals surface area contributed by atoms with Crippen molar-refractivity contribution in [2.75, 3.05) is 0 Å². The van der Waals surface area contributed by atoms with Crippen LogP contribution < -0.4 is 0 Å². The zero-order chi connectivity index (χ0) is 12.5. The lowest BCUT2D eigenvalue weighted by Crippen LogP contribution is -2.01. The maximum Gasteiger partial charge on any atom is 0.250 e. The van der Waals surface area contributed by atoms with Crippen LogP contribution in [-0.4, -0.2) is 19.7 Å². The predicted octanol–water partition coefficient (Wildman–Crippen LogP) is 3.03. The molecule has 0 spiro atoms. The van der Waals surface area contributed by atoms with Crippen LogP contribution in [0.5, 0.6) is 0 Å². The third kappa shape index (κ3) is 3.98. The van der Waals surface area contributed by atoms with Crippen LogP contribution in [0.4, 0.5) is 0 Å². The van der Waals surface area contributed by atoms with E-state index in [4.69, 9.17) is 0 Å². The van der Waals surface area contributed by atoms with Crippen molar-refractivity contribution in [2.24, 2.45) is 0 Å². The molecule has 2 rings (SSSR count). The molecule has 4 heteroatoms. The number of rotatable bonds is 4. The summed E-state index contributed by atoms with van der Waals surface area (Å²) in [5.74, 6) is 0.625. The van der Waals surface area contributed by atoms with Gasteiger partial charge in [0.1, 0.15) is 0 Å². The normalized spacial score (nSPS) is 9.59. The second-order valence-electron chi connectivity index (χ2n) is 3.45. The van der Waals surface area contributed by atoms with Crippen LogP contribution >= 0.6 is 0 Å². The Morgan fingerprint density at radius 1 is 1.18 bits per heavy atom. The van der Waals surface area contributed by atoms with E-state index < -0.39 is 0 Å². The van der Waals surface area contributed by atoms with Gasteiger partial charge in [-0.2, -0.15) is 5.10 Å². The molecule has 2 heterocycles. The highest BCUT2D eigenvalue weighted by atomic mass is 15.3. The molecule has 0 saturated carbocycles. The summed E-state index contributed by atoms with van der Waals surface area (Å²) in [5.41, 5.74) is 1.19. The second kappa shape index (κ2) is 7.54. The smallest absolute Gasteiger partial charge is 0.219 e. The van der Waals surface area contributed by atoms with Crippen LogP contribution in [0.3, 0.4) is 0 Å². The fourth-order valence-electron chi connectivity index (χ4n) is 1.36. The highest BCUT2D eigenvalue weighted by molar-refractivity contribution is 5.13. The summed E-state index contributed by atoms with van der Waals surface area (Å²) in [5, 5.41) is 4.07. The average Bonchev–Trinajstić information content (AvgIpc) is 2.93. The predicted molar refractivity (Wildman–Crippen MR) is 69.1 cm³/mol. The first-order chi connectivity index (χ1) is 8.40. The van der Waals surface area contributed by atoms with Gasteiger partial charge in [-0.15, -0.1) is 0 Å². The van der Waals surface area contributed by atoms with Crippen LogP contribution in [0.2, 0.25) is 0 Å². The average molecular weight is 232 g/mol. The molecule has 0 unspecified atom stereocenters. The minimum Gasteiger partial charge on any atom is -0.219 e. The fourth-order valence-corrected chi connectivity index (χ4v) is 1.36. The monoisotopic (exact) mass is 232 g/mol. The van der Waals surface area contributed by atoms with E-state index in [2.05, 4.69) is 22.0 Å². The Balaban J connectivity index is 0.000000686. The highest BCUT2D eigenvalue weighted by Crippen LogP contribution is 2.04. The van der Waals surface area contributed by atoms with E-state index in [1.165, 1.54) is 18.4 Å². The maximum atomic E-state index is 4.26. The van der Waals surface area contributed by atoms with Gasteiger partial charge in [0, 0.05) is 24.8 Å². The molecule has 17 heavy (non-hydrogen) atoms. The molecule has 0 radical (unpaired) electrons. The molecule has 2 aromatic rings. The lowest BCUT2D eigenvalue weighted by molar-refractivity contribution is 0.769. The number of nitrogens with zero attached hydrogens (tertiary/aromatic N) is 4. The zero-order valence-electron chi connectivity index (χ0n) is 10.8. The molecule has 0 saturated heterocycles. The summed E-state index contributed by atoms with van der Waals surface area (Å²) < 4.78 is 1.66. The first kappa shape index (κ1) is 13.4. The summed E-state index contributed by atoms with van der Waals surface area (Å²) in [6, 6.07) is 1.86. The molecule has 92 valence electrons. The van der Waals surface area contributed by atoms with E-state index in [0.717, 1.165) is 6.42 Å². The summed E-state index contributed by atoms with van der Waals surface area (Å²) in [6.07, 6.45) is 10.7. The van der Waals surface area contributed by atoms with Crippen molar-refractivity contribution >= 4 is 0 Å². The van der Waals surface area contributed by atoms with Crippen molar-refractivity contribution < 1.29 is 0 Å². The van der Waals surface area contributed by atoms with Gasteiger partial charge in [-0.25, -0.2) is 14.6 Å². The van der Waals surface area contributed by atoms with Gasteiger partial charge in [0.2, 0.25) is 5.95 Å². The van der Waals surface area contributed by atoms with Crippen molar-refractivity contribution in [2.45, 2.75) is 40.0 Å². The minimum absolute atomic E-state index is 0.625. The third-order valence-electron chi connectivity index (χ3n) is 2.22. The van der Waals surface area contributed by atoms with Gasteiger partial charge < -0.3 is 0 Å². The Morgan fingerprint density at radius 3 is 2.41 bits per heavy atom. The van der Waals surface area contributed by atoms with Crippen molar-refractivity contribution in [1.29, 1.82) is 0 Å². The second-order valence-corrected chi connectivity index (χ2v) is 3.45. The molecule has 2 aromatic heterocycles. The van der Waals surface area contributed by atoms with Crippen molar-refractivity contribution in [3.8, 4) is 5.95 Å². The Labute approximate surface area is 103 Å². The molecule has 0 aromatic carbocycles. The molecule has 0 aliphatic heterocycles. The van der Waals surface area contributed by atoms with E-state index in [-0.39, 0.29) is 0 Å². The third-order valence-corrected chi connectivity index (χ3v) is 2.22. The Morgan fingerprint density at radius 2 is 1.88 bits per heavy atom. The van der Waals surface area contributed by atoms with Gasteiger partial charge >= 0.3 is 0 Å². The van der Waals surface area contributed by atoms with Gasteiger partial charge in [-0.05, 0) is 24.5 Å². The maximum absolute atomic E-state index is 4.26. The standard InChI is InChI=1S/C11H14N4.C2H6/c1-2-3-5-10-8-12-11(13-9-10)15-7-4-6-14-15;1-2/h4,6-9H,2-3,5H2,1H3;1-2H3. The van der Waals surface area contributed by atoms with Crippen LogP contribution in [0, 0.1) is 0 Å². The van der Waals surface area contributed by atoms with E-state index >= 15 is 0 Å². The van der Waals surface area contributed by atoms with Crippen molar-refractivity contribution in [3.05, 3.63) is 36.4 Å². The summed E-state index contributed by atoms with van der Waals surface area (Å²) in [7, 11) is 0. The lowest BCUT2D eigenvalue weighted by atomic mass is 10.2. The van der Waals surface area contributed by atoms with Crippen LogP contribution in [0.1, 0.15) is 39.2 Å². The molecule has 0 N–H and O–H groups in total. The fraction of sp³-hybridized carbons (Fsp3) is 0.462. The van der Waals surface area contributed by atoms with Crippen LogP contribution in [-0.2, 0) is 6.42 Å². The number of aryl methyl sites for hydroxylation is 1. The van der Waals surface area contributed by atoms with Gasteiger partial charge in [-0.3, -0.25) is 0 Å². The van der Waals surface area contributed by atoms with Gasteiger partial charge in [0.15, 0.2) is 0 Å². The SMILES string of the molecule is CC.CCCCc1cnc(-n2cccn2)nc1.